The van der Waals surface area contributed by atoms with Gasteiger partial charge in [0.1, 0.15) is 6.04 Å². The van der Waals surface area contributed by atoms with E-state index >= 15 is 0 Å². The maximum atomic E-state index is 10.7. The van der Waals surface area contributed by atoms with Gasteiger partial charge in [-0.25, -0.2) is 9.59 Å². The topological polar surface area (TPSA) is 102 Å². The smallest absolute Gasteiger partial charge is 0.407 e. The number of carbonyl (C=O) groups excluding carboxylic acids is 1. The molecule has 0 aliphatic carbocycles. The van der Waals surface area contributed by atoms with Crippen LogP contribution in [0, 0.1) is 0 Å². The summed E-state index contributed by atoms with van der Waals surface area (Å²) in [4.78, 5) is 21.4. The van der Waals surface area contributed by atoms with Gasteiger partial charge in [0.2, 0.25) is 0 Å². The van der Waals surface area contributed by atoms with Crippen LogP contribution in [0.1, 0.15) is 19.3 Å². The maximum Gasteiger partial charge on any atom is 0.407 e. The van der Waals surface area contributed by atoms with Gasteiger partial charge in [-0.05, 0) is 25.8 Å². The Kier molecular flexibility index (Phi) is 6.47. The number of ether oxygens (including phenoxy) is 1. The molecule has 0 aromatic heterocycles. The molecule has 14 heavy (non-hydrogen) atoms. The first-order valence-electron chi connectivity index (χ1n) is 4.39. The summed E-state index contributed by atoms with van der Waals surface area (Å²) < 4.78 is 4.30. The van der Waals surface area contributed by atoms with Crippen LogP contribution in [0.4, 0.5) is 4.79 Å². The Morgan fingerprint density at radius 3 is 2.57 bits per heavy atom. The van der Waals surface area contributed by atoms with Crippen molar-refractivity contribution in [1.29, 1.82) is 0 Å². The Morgan fingerprint density at radius 1 is 1.50 bits per heavy atom. The number of alkyl carbamates (subject to hydrolysis) is 1. The van der Waals surface area contributed by atoms with Crippen molar-refractivity contribution in [3.8, 4) is 0 Å². The van der Waals surface area contributed by atoms with Crippen LogP contribution < -0.4 is 11.1 Å². The number of aliphatic carboxylic acids is 1. The summed E-state index contributed by atoms with van der Waals surface area (Å²) in [6.07, 6.45) is 1.04. The predicted molar refractivity (Wildman–Crippen MR) is 49.9 cm³/mol. The molecule has 0 rings (SSSR count). The third-order valence-electron chi connectivity index (χ3n) is 1.72. The minimum atomic E-state index is -1.06. The largest absolute Gasteiger partial charge is 0.480 e. The van der Waals surface area contributed by atoms with Gasteiger partial charge in [-0.15, -0.1) is 0 Å². The number of hydrogen-bond donors (Lipinski definition) is 3. The van der Waals surface area contributed by atoms with E-state index in [1.165, 1.54) is 7.11 Å². The lowest BCUT2D eigenvalue weighted by Crippen LogP contribution is -2.40. The number of rotatable bonds is 6. The summed E-state index contributed by atoms with van der Waals surface area (Å²) in [7, 11) is 1.19. The van der Waals surface area contributed by atoms with Gasteiger partial charge in [-0.3, -0.25) is 0 Å². The SMILES string of the molecule is COC(=O)NC(CCCCN)C(=O)O. The van der Waals surface area contributed by atoms with Gasteiger partial charge in [0.25, 0.3) is 0 Å². The first-order chi connectivity index (χ1) is 6.61. The third-order valence-corrected chi connectivity index (χ3v) is 1.72. The molecule has 0 aromatic carbocycles. The van der Waals surface area contributed by atoms with Crippen molar-refractivity contribution in [3.63, 3.8) is 0 Å². The van der Waals surface area contributed by atoms with Crippen molar-refractivity contribution in [1.82, 2.24) is 5.32 Å². The number of nitrogens with two attached hydrogens (primary N) is 1. The van der Waals surface area contributed by atoms with Crippen molar-refractivity contribution < 1.29 is 19.4 Å². The van der Waals surface area contributed by atoms with Crippen LogP contribution in [0.25, 0.3) is 0 Å². The fourth-order valence-electron chi connectivity index (χ4n) is 0.951. The molecule has 4 N–H and O–H groups in total. The monoisotopic (exact) mass is 204 g/mol. The Morgan fingerprint density at radius 2 is 2.14 bits per heavy atom. The molecule has 6 nitrogen and oxygen atoms in total. The molecule has 0 aliphatic heterocycles. The molecule has 0 fully saturated rings. The first kappa shape index (κ1) is 12.7. The number of nitrogens with one attached hydrogen (secondary N) is 1. The zero-order valence-electron chi connectivity index (χ0n) is 8.16. The highest BCUT2D eigenvalue weighted by atomic mass is 16.5. The lowest BCUT2D eigenvalue weighted by molar-refractivity contribution is -0.139. The predicted octanol–water partition coefficient (Wildman–Crippen LogP) is -0.0754. The molecular weight excluding hydrogens is 188 g/mol. The highest BCUT2D eigenvalue weighted by molar-refractivity contribution is 5.79. The fraction of sp³-hybridized carbons (Fsp3) is 0.750. The lowest BCUT2D eigenvalue weighted by atomic mass is 10.1. The summed E-state index contributed by atoms with van der Waals surface area (Å²) in [6.45, 7) is 0.518. The Labute approximate surface area is 82.4 Å². The van der Waals surface area contributed by atoms with Crippen LogP contribution in [0.15, 0.2) is 0 Å². The average Bonchev–Trinajstić information content (AvgIpc) is 2.16. The van der Waals surface area contributed by atoms with Crippen LogP contribution in [0.3, 0.4) is 0 Å². The number of carbonyl (C=O) groups is 2. The van der Waals surface area contributed by atoms with Crippen molar-refractivity contribution in [2.45, 2.75) is 25.3 Å². The van der Waals surface area contributed by atoms with Gasteiger partial charge >= 0.3 is 12.1 Å². The minimum Gasteiger partial charge on any atom is -0.480 e. The van der Waals surface area contributed by atoms with Crippen LogP contribution in [-0.2, 0) is 9.53 Å². The second-order valence-electron chi connectivity index (χ2n) is 2.81. The van der Waals surface area contributed by atoms with E-state index in [2.05, 4.69) is 10.1 Å². The van der Waals surface area contributed by atoms with Crippen molar-refractivity contribution in [3.05, 3.63) is 0 Å². The number of carboxylic acid groups (broad SMARTS) is 1. The molecule has 1 amide bonds. The van der Waals surface area contributed by atoms with E-state index in [0.717, 1.165) is 6.42 Å². The normalized spacial score (nSPS) is 11.9. The quantitative estimate of drug-likeness (QED) is 0.525. The van der Waals surface area contributed by atoms with Crippen molar-refractivity contribution in [2.75, 3.05) is 13.7 Å². The standard InChI is InChI=1S/C8H16N2O4/c1-14-8(13)10-6(7(11)12)4-2-3-5-9/h6H,2-5,9H2,1H3,(H,10,13)(H,11,12). The number of methoxy groups -OCH3 is 1. The molecule has 1 unspecified atom stereocenters. The molecule has 0 spiro atoms. The van der Waals surface area contributed by atoms with Crippen LogP contribution >= 0.6 is 0 Å². The van der Waals surface area contributed by atoms with Crippen molar-refractivity contribution in [2.24, 2.45) is 5.73 Å². The summed E-state index contributed by atoms with van der Waals surface area (Å²) >= 11 is 0. The molecule has 82 valence electrons. The van der Waals surface area contributed by atoms with E-state index in [4.69, 9.17) is 10.8 Å². The Balaban J connectivity index is 3.90. The molecular formula is C8H16N2O4. The summed E-state index contributed by atoms with van der Waals surface area (Å²) in [5, 5.41) is 10.9. The molecule has 0 saturated heterocycles. The van der Waals surface area contributed by atoms with E-state index in [1.54, 1.807) is 0 Å². The van der Waals surface area contributed by atoms with Crippen molar-refractivity contribution >= 4 is 12.1 Å². The third kappa shape index (κ3) is 5.36. The maximum absolute atomic E-state index is 10.7. The second kappa shape index (κ2) is 7.14. The molecule has 0 bridgehead atoms. The van der Waals surface area contributed by atoms with Gasteiger partial charge in [0.05, 0.1) is 7.11 Å². The summed E-state index contributed by atoms with van der Waals surface area (Å²) in [6, 6.07) is -0.894. The highest BCUT2D eigenvalue weighted by Gasteiger charge is 2.19. The first-order valence-corrected chi connectivity index (χ1v) is 4.39. The van der Waals surface area contributed by atoms with E-state index in [9.17, 15) is 9.59 Å². The number of hydrogen-bond acceptors (Lipinski definition) is 4. The molecule has 0 aliphatic rings. The fourth-order valence-corrected chi connectivity index (χ4v) is 0.951. The summed E-state index contributed by atoms with van der Waals surface area (Å²) in [5.74, 6) is -1.06. The van der Waals surface area contributed by atoms with Gasteiger partial charge < -0.3 is 20.9 Å². The van der Waals surface area contributed by atoms with E-state index < -0.39 is 18.1 Å². The minimum absolute atomic E-state index is 0.363. The number of amides is 1. The summed E-state index contributed by atoms with van der Waals surface area (Å²) in [5.41, 5.74) is 5.26. The molecule has 0 saturated carbocycles. The van der Waals surface area contributed by atoms with E-state index in [1.807, 2.05) is 0 Å². The highest BCUT2D eigenvalue weighted by Crippen LogP contribution is 2.00. The molecule has 0 radical (unpaired) electrons. The van der Waals surface area contributed by atoms with Crippen LogP contribution in [-0.4, -0.2) is 36.9 Å². The second-order valence-corrected chi connectivity index (χ2v) is 2.81. The Bertz CT molecular complexity index is 196. The van der Waals surface area contributed by atoms with Gasteiger partial charge in [-0.1, -0.05) is 0 Å². The Hall–Kier alpha value is -1.30. The lowest BCUT2D eigenvalue weighted by Gasteiger charge is -2.12. The van der Waals surface area contributed by atoms with Gasteiger partial charge in [0.15, 0.2) is 0 Å². The van der Waals surface area contributed by atoms with E-state index in [0.29, 0.717) is 19.4 Å². The van der Waals surface area contributed by atoms with Gasteiger partial charge in [-0.2, -0.15) is 0 Å². The van der Waals surface area contributed by atoms with Crippen LogP contribution in [0.2, 0.25) is 0 Å². The number of carboxylic acids is 1. The molecule has 1 atom stereocenters. The molecule has 0 aromatic rings. The average molecular weight is 204 g/mol. The van der Waals surface area contributed by atoms with Crippen LogP contribution in [0.5, 0.6) is 0 Å². The van der Waals surface area contributed by atoms with E-state index in [-0.39, 0.29) is 0 Å². The van der Waals surface area contributed by atoms with Gasteiger partial charge in [0, 0.05) is 0 Å². The molecule has 0 heterocycles. The molecule has 6 heteroatoms. The zero-order chi connectivity index (χ0) is 11.0. The zero-order valence-corrected chi connectivity index (χ0v) is 8.16. The number of unbranched alkanes of at least 4 members (excludes halogenated alkanes) is 1.